The summed E-state index contributed by atoms with van der Waals surface area (Å²) in [7, 11) is 0. The van der Waals surface area contributed by atoms with Crippen molar-refractivity contribution in [1.82, 2.24) is 0 Å². The molecule has 1 aromatic heterocycles. The first-order chi connectivity index (χ1) is 8.63. The number of Topliss-reactive ketones (excluding diaryl/α,β-unsaturated/α-hetero) is 1. The van der Waals surface area contributed by atoms with Gasteiger partial charge in [0.1, 0.15) is 5.76 Å². The molecule has 0 atom stereocenters. The highest BCUT2D eigenvalue weighted by molar-refractivity contribution is 5.92. The number of anilines is 1. The smallest absolute Gasteiger partial charge is 0.194 e. The van der Waals surface area contributed by atoms with Gasteiger partial charge in [0.25, 0.3) is 0 Å². The molecule has 0 radical (unpaired) electrons. The molecule has 0 aliphatic carbocycles. The van der Waals surface area contributed by atoms with Crippen LogP contribution in [0.2, 0.25) is 0 Å². The van der Waals surface area contributed by atoms with Gasteiger partial charge < -0.3 is 15.3 Å². The van der Waals surface area contributed by atoms with Crippen LogP contribution in [0, 0.1) is 0 Å². The number of para-hydroxylation sites is 1. The van der Waals surface area contributed by atoms with E-state index in [9.17, 15) is 4.79 Å². The number of furan rings is 1. The quantitative estimate of drug-likeness (QED) is 0.640. The molecule has 0 fully saturated rings. The van der Waals surface area contributed by atoms with Crippen LogP contribution in [0.3, 0.4) is 0 Å². The molecular weight excluding hydrogens is 230 g/mol. The Labute approximate surface area is 105 Å². The van der Waals surface area contributed by atoms with Crippen molar-refractivity contribution in [3.05, 3.63) is 41.7 Å². The number of nitrogens with two attached hydrogens (primary N) is 1. The van der Waals surface area contributed by atoms with Gasteiger partial charge in [-0.25, -0.2) is 0 Å². The van der Waals surface area contributed by atoms with Crippen molar-refractivity contribution in [2.45, 2.75) is 13.3 Å². The fourth-order valence-electron chi connectivity index (χ4n) is 1.84. The summed E-state index contributed by atoms with van der Waals surface area (Å²) in [4.78, 5) is 11.2. The summed E-state index contributed by atoms with van der Waals surface area (Å²) in [6.45, 7) is 1.50. The molecule has 2 aromatic rings. The lowest BCUT2D eigenvalue weighted by molar-refractivity contribution is 0.0988. The minimum Gasteiger partial charge on any atom is -0.453 e. The molecule has 94 valence electrons. The second-order valence-corrected chi connectivity index (χ2v) is 4.07. The second-order valence-electron chi connectivity index (χ2n) is 4.07. The van der Waals surface area contributed by atoms with Crippen molar-refractivity contribution in [2.75, 3.05) is 12.3 Å². The van der Waals surface area contributed by atoms with Crippen molar-refractivity contribution >= 4 is 11.5 Å². The fourth-order valence-corrected chi connectivity index (χ4v) is 1.84. The number of nitrogen functional groups attached to an aromatic ring is 1. The number of rotatable bonds is 4. The molecule has 0 amide bonds. The molecule has 0 aliphatic heterocycles. The van der Waals surface area contributed by atoms with E-state index >= 15 is 0 Å². The largest absolute Gasteiger partial charge is 0.453 e. The van der Waals surface area contributed by atoms with Crippen LogP contribution in [0.5, 0.6) is 0 Å². The van der Waals surface area contributed by atoms with Gasteiger partial charge in [-0.15, -0.1) is 0 Å². The van der Waals surface area contributed by atoms with Gasteiger partial charge in [-0.2, -0.15) is 0 Å². The molecule has 0 aliphatic rings. The number of hydrogen-bond donors (Lipinski definition) is 2. The first kappa shape index (κ1) is 12.4. The maximum absolute atomic E-state index is 11.2. The van der Waals surface area contributed by atoms with E-state index in [1.165, 1.54) is 6.92 Å². The minimum atomic E-state index is -0.119. The Morgan fingerprint density at radius 2 is 2.11 bits per heavy atom. The SMILES string of the molecule is CC(=O)c1ccc(-c2cccc(CCO)c2N)o1. The maximum Gasteiger partial charge on any atom is 0.194 e. The summed E-state index contributed by atoms with van der Waals surface area (Å²) in [5, 5.41) is 8.96. The molecule has 1 heterocycles. The van der Waals surface area contributed by atoms with Gasteiger partial charge in [0, 0.05) is 24.8 Å². The third kappa shape index (κ3) is 2.28. The molecule has 4 heteroatoms. The van der Waals surface area contributed by atoms with Crippen molar-refractivity contribution in [3.8, 4) is 11.3 Å². The van der Waals surface area contributed by atoms with Crippen LogP contribution in [0.4, 0.5) is 5.69 Å². The third-order valence-corrected chi connectivity index (χ3v) is 2.80. The first-order valence-electron chi connectivity index (χ1n) is 5.73. The lowest BCUT2D eigenvalue weighted by Gasteiger charge is -2.08. The molecule has 2 rings (SSSR count). The zero-order chi connectivity index (χ0) is 13.1. The predicted octanol–water partition coefficient (Wildman–Crippen LogP) is 2.27. The Morgan fingerprint density at radius 1 is 1.33 bits per heavy atom. The summed E-state index contributed by atoms with van der Waals surface area (Å²) in [5.41, 5.74) is 8.23. The van der Waals surface area contributed by atoms with E-state index in [4.69, 9.17) is 15.3 Å². The third-order valence-electron chi connectivity index (χ3n) is 2.80. The van der Waals surface area contributed by atoms with E-state index in [1.54, 1.807) is 12.1 Å². The topological polar surface area (TPSA) is 76.5 Å². The van der Waals surface area contributed by atoms with E-state index in [-0.39, 0.29) is 12.4 Å². The number of aliphatic hydroxyl groups is 1. The monoisotopic (exact) mass is 245 g/mol. The number of hydrogen-bond acceptors (Lipinski definition) is 4. The van der Waals surface area contributed by atoms with E-state index in [1.807, 2.05) is 18.2 Å². The molecule has 4 nitrogen and oxygen atoms in total. The Balaban J connectivity index is 2.43. The number of aliphatic hydroxyl groups excluding tert-OH is 1. The summed E-state index contributed by atoms with van der Waals surface area (Å²) in [6, 6.07) is 8.91. The van der Waals surface area contributed by atoms with Crippen LogP contribution in [0.1, 0.15) is 23.0 Å². The van der Waals surface area contributed by atoms with Crippen LogP contribution in [-0.4, -0.2) is 17.5 Å². The minimum absolute atomic E-state index is 0.0461. The average molecular weight is 245 g/mol. The summed E-state index contributed by atoms with van der Waals surface area (Å²) in [5.74, 6) is 0.765. The molecule has 0 bridgehead atoms. The van der Waals surface area contributed by atoms with E-state index in [0.29, 0.717) is 23.6 Å². The van der Waals surface area contributed by atoms with Gasteiger partial charge in [0.15, 0.2) is 11.5 Å². The molecule has 18 heavy (non-hydrogen) atoms. The lowest BCUT2D eigenvalue weighted by Crippen LogP contribution is -1.99. The highest BCUT2D eigenvalue weighted by atomic mass is 16.3. The molecule has 0 unspecified atom stereocenters. The van der Waals surface area contributed by atoms with Crippen LogP contribution in [0.15, 0.2) is 34.7 Å². The van der Waals surface area contributed by atoms with E-state index in [0.717, 1.165) is 11.1 Å². The second kappa shape index (κ2) is 5.06. The lowest BCUT2D eigenvalue weighted by atomic mass is 10.0. The van der Waals surface area contributed by atoms with Crippen LogP contribution < -0.4 is 5.73 Å². The molecular formula is C14H15NO3. The van der Waals surface area contributed by atoms with Crippen molar-refractivity contribution < 1.29 is 14.3 Å². The van der Waals surface area contributed by atoms with Crippen LogP contribution in [0.25, 0.3) is 11.3 Å². The van der Waals surface area contributed by atoms with Crippen molar-refractivity contribution in [3.63, 3.8) is 0 Å². The molecule has 0 saturated carbocycles. The maximum atomic E-state index is 11.2. The predicted molar refractivity (Wildman–Crippen MR) is 69.4 cm³/mol. The van der Waals surface area contributed by atoms with Gasteiger partial charge in [-0.05, 0) is 30.2 Å². The normalized spacial score (nSPS) is 10.6. The number of carbonyl (C=O) groups excluding carboxylic acids is 1. The van der Waals surface area contributed by atoms with Crippen molar-refractivity contribution in [2.24, 2.45) is 0 Å². The van der Waals surface area contributed by atoms with E-state index < -0.39 is 0 Å². The van der Waals surface area contributed by atoms with Crippen LogP contribution in [-0.2, 0) is 6.42 Å². The first-order valence-corrected chi connectivity index (χ1v) is 5.73. The Morgan fingerprint density at radius 3 is 2.72 bits per heavy atom. The zero-order valence-corrected chi connectivity index (χ0v) is 10.1. The molecule has 3 N–H and O–H groups in total. The highest BCUT2D eigenvalue weighted by Gasteiger charge is 2.12. The molecule has 0 saturated heterocycles. The molecule has 0 spiro atoms. The van der Waals surface area contributed by atoms with Crippen molar-refractivity contribution in [1.29, 1.82) is 0 Å². The van der Waals surface area contributed by atoms with E-state index in [2.05, 4.69) is 0 Å². The number of ketones is 1. The van der Waals surface area contributed by atoms with Gasteiger partial charge in [-0.3, -0.25) is 4.79 Å². The summed E-state index contributed by atoms with van der Waals surface area (Å²) >= 11 is 0. The van der Waals surface area contributed by atoms with Gasteiger partial charge in [-0.1, -0.05) is 12.1 Å². The number of benzene rings is 1. The van der Waals surface area contributed by atoms with Gasteiger partial charge in [0.05, 0.1) is 0 Å². The highest BCUT2D eigenvalue weighted by Crippen LogP contribution is 2.30. The average Bonchev–Trinajstić information content (AvgIpc) is 2.81. The Bertz CT molecular complexity index is 572. The summed E-state index contributed by atoms with van der Waals surface area (Å²) in [6.07, 6.45) is 0.500. The van der Waals surface area contributed by atoms with Gasteiger partial charge in [0.2, 0.25) is 0 Å². The van der Waals surface area contributed by atoms with Crippen LogP contribution >= 0.6 is 0 Å². The van der Waals surface area contributed by atoms with Gasteiger partial charge >= 0.3 is 0 Å². The standard InChI is InChI=1S/C14H15NO3/c1-9(17)12-5-6-13(18-12)11-4-2-3-10(7-8-16)14(11)15/h2-6,16H,7-8,15H2,1H3. The Hall–Kier alpha value is -2.07. The number of carbonyl (C=O) groups is 1. The summed E-state index contributed by atoms with van der Waals surface area (Å²) < 4.78 is 5.45. The Kier molecular flexibility index (Phi) is 3.48. The fraction of sp³-hybridized carbons (Fsp3) is 0.214. The molecule has 1 aromatic carbocycles. The zero-order valence-electron chi connectivity index (χ0n) is 10.1.